The maximum atomic E-state index is 3.51. The normalized spacial score (nSPS) is 20.8. The highest BCUT2D eigenvalue weighted by Crippen LogP contribution is 1.99. The summed E-state index contributed by atoms with van der Waals surface area (Å²) >= 11 is 0. The number of rotatable bonds is 6. The summed E-state index contributed by atoms with van der Waals surface area (Å²) in [6, 6.07) is 0.661. The highest BCUT2D eigenvalue weighted by atomic mass is 15.2. The molecule has 0 aromatic rings. The number of piperazine rings is 1. The second-order valence-corrected chi connectivity index (χ2v) is 4.64. The van der Waals surface area contributed by atoms with E-state index in [1.165, 1.54) is 13.1 Å². The van der Waals surface area contributed by atoms with Gasteiger partial charge in [0.1, 0.15) is 0 Å². The third kappa shape index (κ3) is 5.47. The summed E-state index contributed by atoms with van der Waals surface area (Å²) in [7, 11) is 4.23. The monoisotopic (exact) mass is 214 g/mol. The molecule has 1 aliphatic rings. The van der Waals surface area contributed by atoms with Gasteiger partial charge >= 0.3 is 0 Å². The summed E-state index contributed by atoms with van der Waals surface area (Å²) in [5, 5.41) is 6.89. The highest BCUT2D eigenvalue weighted by Gasteiger charge is 2.15. The van der Waals surface area contributed by atoms with E-state index in [0.717, 1.165) is 32.7 Å². The van der Waals surface area contributed by atoms with Crippen LogP contribution in [0, 0.1) is 0 Å². The van der Waals surface area contributed by atoms with Crippen molar-refractivity contribution in [1.29, 1.82) is 0 Å². The summed E-state index contributed by atoms with van der Waals surface area (Å²) in [6.45, 7) is 10.3. The maximum Gasteiger partial charge on any atom is 0.0193 e. The smallest absolute Gasteiger partial charge is 0.0193 e. The molecular formula is C11H26N4. The Morgan fingerprint density at radius 2 is 2.00 bits per heavy atom. The molecule has 0 aliphatic carbocycles. The van der Waals surface area contributed by atoms with Gasteiger partial charge in [-0.2, -0.15) is 0 Å². The van der Waals surface area contributed by atoms with Gasteiger partial charge in [-0.05, 0) is 21.0 Å². The maximum absolute atomic E-state index is 3.51. The van der Waals surface area contributed by atoms with Crippen molar-refractivity contribution >= 4 is 0 Å². The molecule has 1 aliphatic heterocycles. The van der Waals surface area contributed by atoms with Crippen molar-refractivity contribution in [2.75, 3.05) is 59.9 Å². The molecule has 0 saturated carbocycles. The quantitative estimate of drug-likeness (QED) is 0.580. The number of likely N-dealkylation sites (N-methyl/N-ethyl adjacent to an activating group) is 1. The minimum absolute atomic E-state index is 0.661. The summed E-state index contributed by atoms with van der Waals surface area (Å²) in [5.74, 6) is 0. The van der Waals surface area contributed by atoms with E-state index in [1.54, 1.807) is 0 Å². The predicted molar refractivity (Wildman–Crippen MR) is 65.3 cm³/mol. The molecule has 90 valence electrons. The lowest BCUT2D eigenvalue weighted by molar-refractivity contribution is 0.180. The predicted octanol–water partition coefficient (Wildman–Crippen LogP) is -0.569. The fraction of sp³-hybridized carbons (Fsp3) is 1.00. The van der Waals surface area contributed by atoms with Crippen molar-refractivity contribution in [3.8, 4) is 0 Å². The van der Waals surface area contributed by atoms with Gasteiger partial charge in [0.15, 0.2) is 0 Å². The summed E-state index contributed by atoms with van der Waals surface area (Å²) < 4.78 is 0. The minimum Gasteiger partial charge on any atom is -0.314 e. The Balaban J connectivity index is 2.04. The zero-order valence-electron chi connectivity index (χ0n) is 10.4. The highest BCUT2D eigenvalue weighted by molar-refractivity contribution is 4.75. The van der Waals surface area contributed by atoms with Crippen LogP contribution in [-0.4, -0.2) is 75.8 Å². The summed E-state index contributed by atoms with van der Waals surface area (Å²) in [4.78, 5) is 4.77. The molecule has 0 aromatic carbocycles. The van der Waals surface area contributed by atoms with Gasteiger partial charge in [0.25, 0.3) is 0 Å². The Hall–Kier alpha value is -0.160. The average Bonchev–Trinajstić information content (AvgIpc) is 2.25. The van der Waals surface area contributed by atoms with Crippen molar-refractivity contribution in [1.82, 2.24) is 20.4 Å². The van der Waals surface area contributed by atoms with E-state index in [9.17, 15) is 0 Å². The van der Waals surface area contributed by atoms with Crippen LogP contribution in [0.1, 0.15) is 6.92 Å². The largest absolute Gasteiger partial charge is 0.314 e. The molecule has 1 unspecified atom stereocenters. The van der Waals surface area contributed by atoms with E-state index in [2.05, 4.69) is 41.5 Å². The number of hydrogen-bond donors (Lipinski definition) is 2. The van der Waals surface area contributed by atoms with Gasteiger partial charge in [0.05, 0.1) is 0 Å². The first-order valence-electron chi connectivity index (χ1n) is 6.00. The molecule has 0 spiro atoms. The fourth-order valence-corrected chi connectivity index (χ4v) is 1.87. The number of hydrogen-bond acceptors (Lipinski definition) is 4. The molecule has 1 fully saturated rings. The second-order valence-electron chi connectivity index (χ2n) is 4.64. The Morgan fingerprint density at radius 3 is 2.60 bits per heavy atom. The van der Waals surface area contributed by atoms with Crippen LogP contribution in [0.2, 0.25) is 0 Å². The van der Waals surface area contributed by atoms with E-state index in [1.807, 2.05) is 0 Å². The Kier molecular flexibility index (Phi) is 6.17. The third-order valence-electron chi connectivity index (χ3n) is 2.95. The van der Waals surface area contributed by atoms with Crippen LogP contribution in [0.25, 0.3) is 0 Å². The van der Waals surface area contributed by atoms with Crippen molar-refractivity contribution in [3.05, 3.63) is 0 Å². The molecule has 1 saturated heterocycles. The van der Waals surface area contributed by atoms with E-state index in [4.69, 9.17) is 0 Å². The zero-order chi connectivity index (χ0) is 11.1. The van der Waals surface area contributed by atoms with Crippen LogP contribution in [0.15, 0.2) is 0 Å². The molecule has 2 N–H and O–H groups in total. The first-order chi connectivity index (χ1) is 7.20. The van der Waals surface area contributed by atoms with E-state index in [-0.39, 0.29) is 0 Å². The number of nitrogens with one attached hydrogen (secondary N) is 2. The van der Waals surface area contributed by atoms with Gasteiger partial charge in [-0.25, -0.2) is 0 Å². The topological polar surface area (TPSA) is 30.5 Å². The first kappa shape index (κ1) is 12.9. The molecule has 0 aromatic heterocycles. The number of nitrogens with zero attached hydrogens (tertiary/aromatic N) is 2. The van der Waals surface area contributed by atoms with Crippen LogP contribution in [0.3, 0.4) is 0 Å². The molecule has 1 atom stereocenters. The Bertz CT molecular complexity index is 155. The first-order valence-corrected chi connectivity index (χ1v) is 6.00. The van der Waals surface area contributed by atoms with Gasteiger partial charge in [0, 0.05) is 51.9 Å². The SMILES string of the molecule is CC(CNCCN(C)C)N1CCNCC1. The molecule has 4 nitrogen and oxygen atoms in total. The van der Waals surface area contributed by atoms with Gasteiger partial charge < -0.3 is 15.5 Å². The van der Waals surface area contributed by atoms with Crippen LogP contribution in [0.5, 0.6) is 0 Å². The second kappa shape index (κ2) is 7.17. The third-order valence-corrected chi connectivity index (χ3v) is 2.95. The minimum atomic E-state index is 0.661. The van der Waals surface area contributed by atoms with Crippen LogP contribution >= 0.6 is 0 Å². The van der Waals surface area contributed by atoms with E-state index < -0.39 is 0 Å². The van der Waals surface area contributed by atoms with Crippen LogP contribution in [0.4, 0.5) is 0 Å². The summed E-state index contributed by atoms with van der Waals surface area (Å²) in [6.07, 6.45) is 0. The van der Waals surface area contributed by atoms with Gasteiger partial charge in [-0.15, -0.1) is 0 Å². The molecule has 0 radical (unpaired) electrons. The molecule has 1 heterocycles. The van der Waals surface area contributed by atoms with Crippen molar-refractivity contribution in [2.24, 2.45) is 0 Å². The molecule has 4 heteroatoms. The lowest BCUT2D eigenvalue weighted by atomic mass is 10.2. The van der Waals surface area contributed by atoms with Gasteiger partial charge in [-0.1, -0.05) is 0 Å². The van der Waals surface area contributed by atoms with E-state index >= 15 is 0 Å². The van der Waals surface area contributed by atoms with Crippen molar-refractivity contribution in [2.45, 2.75) is 13.0 Å². The van der Waals surface area contributed by atoms with Crippen molar-refractivity contribution < 1.29 is 0 Å². The average molecular weight is 214 g/mol. The van der Waals surface area contributed by atoms with Gasteiger partial charge in [-0.3, -0.25) is 4.90 Å². The van der Waals surface area contributed by atoms with Gasteiger partial charge in [0.2, 0.25) is 0 Å². The molecule has 15 heavy (non-hydrogen) atoms. The fourth-order valence-electron chi connectivity index (χ4n) is 1.87. The zero-order valence-corrected chi connectivity index (χ0v) is 10.4. The molecular weight excluding hydrogens is 188 g/mol. The molecule has 0 amide bonds. The Morgan fingerprint density at radius 1 is 1.33 bits per heavy atom. The van der Waals surface area contributed by atoms with Crippen LogP contribution < -0.4 is 10.6 Å². The lowest BCUT2D eigenvalue weighted by Gasteiger charge is -2.33. The van der Waals surface area contributed by atoms with E-state index in [0.29, 0.717) is 6.04 Å². The van der Waals surface area contributed by atoms with Crippen LogP contribution in [-0.2, 0) is 0 Å². The summed E-state index contributed by atoms with van der Waals surface area (Å²) in [5.41, 5.74) is 0. The standard InChI is InChI=1S/C11H26N4/c1-11(10-13-4-7-14(2)3)15-8-5-12-6-9-15/h11-13H,4-10H2,1-3H3. The lowest BCUT2D eigenvalue weighted by Crippen LogP contribution is -2.50. The molecule has 0 bridgehead atoms. The molecule has 1 rings (SSSR count). The van der Waals surface area contributed by atoms with Crippen molar-refractivity contribution in [3.63, 3.8) is 0 Å². The Labute approximate surface area is 94.0 Å².